The first-order valence-corrected chi connectivity index (χ1v) is 3.77. The minimum atomic E-state index is -0.313. The summed E-state index contributed by atoms with van der Waals surface area (Å²) in [6.45, 7) is 5.26. The van der Waals surface area contributed by atoms with Gasteiger partial charge in [-0.15, -0.1) is 0 Å². The fourth-order valence-electron chi connectivity index (χ4n) is 0.985. The molecule has 0 spiro atoms. The Morgan fingerprint density at radius 2 is 2.17 bits per heavy atom. The number of hydrogen-bond acceptors (Lipinski definition) is 2. The third kappa shape index (κ3) is 2.05. The Labute approximate surface area is 71.5 Å². The molecular weight excluding hydrogens is 154 g/mol. The van der Waals surface area contributed by atoms with Crippen molar-refractivity contribution in [3.63, 3.8) is 0 Å². The van der Waals surface area contributed by atoms with Gasteiger partial charge in [-0.2, -0.15) is 4.84 Å². The molecule has 0 aliphatic heterocycles. The van der Waals surface area contributed by atoms with E-state index in [4.69, 9.17) is 4.84 Å². The number of pyridine rings is 1. The summed E-state index contributed by atoms with van der Waals surface area (Å²) in [4.78, 5) is 15.5. The summed E-state index contributed by atoms with van der Waals surface area (Å²) >= 11 is 0. The van der Waals surface area contributed by atoms with Crippen LogP contribution in [0.25, 0.3) is 0 Å². The van der Waals surface area contributed by atoms with Crippen LogP contribution in [0.2, 0.25) is 0 Å². The molecule has 0 saturated heterocycles. The average Bonchev–Trinajstić information content (AvgIpc) is 1.94. The maximum absolute atomic E-state index is 10.6. The van der Waals surface area contributed by atoms with Gasteiger partial charge in [-0.05, 0) is 12.5 Å². The van der Waals surface area contributed by atoms with Gasteiger partial charge in [0.05, 0.1) is 0 Å². The first kappa shape index (κ1) is 8.71. The van der Waals surface area contributed by atoms with Crippen LogP contribution in [0.1, 0.15) is 18.2 Å². The molecule has 0 aliphatic rings. The van der Waals surface area contributed by atoms with Gasteiger partial charge in [0, 0.05) is 30.7 Å². The Bertz CT molecular complexity index is 307. The monoisotopic (exact) mass is 166 g/mol. The van der Waals surface area contributed by atoms with E-state index in [0.717, 1.165) is 11.3 Å². The summed E-state index contributed by atoms with van der Waals surface area (Å²) in [5.74, 6) is -0.313. The van der Waals surface area contributed by atoms with Crippen molar-refractivity contribution in [2.45, 2.75) is 20.8 Å². The second kappa shape index (κ2) is 3.34. The summed E-state index contributed by atoms with van der Waals surface area (Å²) in [7, 11) is 0. The predicted molar refractivity (Wildman–Crippen MR) is 43.4 cm³/mol. The van der Waals surface area contributed by atoms with Gasteiger partial charge < -0.3 is 0 Å². The summed E-state index contributed by atoms with van der Waals surface area (Å²) in [6, 6.07) is 3.83. The molecule has 1 aromatic rings. The van der Waals surface area contributed by atoms with E-state index in [0.29, 0.717) is 0 Å². The zero-order valence-corrected chi connectivity index (χ0v) is 7.50. The third-order valence-corrected chi connectivity index (χ3v) is 1.48. The topological polar surface area (TPSA) is 30.2 Å². The van der Waals surface area contributed by atoms with E-state index in [1.54, 1.807) is 6.20 Å². The predicted octanol–water partition coefficient (Wildman–Crippen LogP) is 0.566. The molecule has 0 atom stereocenters. The van der Waals surface area contributed by atoms with Crippen molar-refractivity contribution in [2.75, 3.05) is 0 Å². The molecule has 0 N–H and O–H groups in total. The van der Waals surface area contributed by atoms with E-state index < -0.39 is 0 Å². The van der Waals surface area contributed by atoms with Crippen molar-refractivity contribution in [1.82, 2.24) is 0 Å². The normalized spacial score (nSPS) is 9.58. The van der Waals surface area contributed by atoms with Crippen LogP contribution in [0.3, 0.4) is 0 Å². The molecule has 3 nitrogen and oxygen atoms in total. The van der Waals surface area contributed by atoms with Gasteiger partial charge in [-0.3, -0.25) is 0 Å². The van der Waals surface area contributed by atoms with Gasteiger partial charge in [-0.1, -0.05) is 0 Å². The Morgan fingerprint density at radius 3 is 2.67 bits per heavy atom. The Morgan fingerprint density at radius 1 is 1.50 bits per heavy atom. The Balaban J connectivity index is 2.93. The second-order valence-electron chi connectivity index (χ2n) is 2.75. The van der Waals surface area contributed by atoms with Gasteiger partial charge in [0.15, 0.2) is 0 Å². The van der Waals surface area contributed by atoms with Gasteiger partial charge in [0.25, 0.3) is 0 Å². The maximum Gasteiger partial charge on any atom is 0.377 e. The minimum absolute atomic E-state index is 0.313. The zero-order chi connectivity index (χ0) is 9.14. The number of carbonyl (C=O) groups excluding carboxylic acids is 1. The number of rotatable bonds is 1. The van der Waals surface area contributed by atoms with Gasteiger partial charge in [-0.25, -0.2) is 4.79 Å². The third-order valence-electron chi connectivity index (χ3n) is 1.48. The van der Waals surface area contributed by atoms with E-state index in [1.807, 2.05) is 26.0 Å². The number of hydrogen-bond donors (Lipinski definition) is 0. The van der Waals surface area contributed by atoms with E-state index >= 15 is 0 Å². The van der Waals surface area contributed by atoms with Crippen LogP contribution in [0.5, 0.6) is 0 Å². The molecule has 0 radical (unpaired) electrons. The number of aryl methyl sites for hydroxylation is 2. The van der Waals surface area contributed by atoms with Crippen LogP contribution in [0, 0.1) is 13.8 Å². The summed E-state index contributed by atoms with van der Waals surface area (Å²) in [6.07, 6.45) is 1.73. The lowest BCUT2D eigenvalue weighted by molar-refractivity contribution is -0.873. The van der Waals surface area contributed by atoms with E-state index in [-0.39, 0.29) is 5.97 Å². The van der Waals surface area contributed by atoms with E-state index in [2.05, 4.69) is 0 Å². The average molecular weight is 166 g/mol. The van der Waals surface area contributed by atoms with Crippen LogP contribution in [-0.2, 0) is 4.79 Å². The smallest absolute Gasteiger partial charge is 0.245 e. The van der Waals surface area contributed by atoms with Crippen LogP contribution in [-0.4, -0.2) is 5.97 Å². The van der Waals surface area contributed by atoms with Crippen LogP contribution in [0.4, 0.5) is 0 Å². The lowest BCUT2D eigenvalue weighted by atomic mass is 10.2. The van der Waals surface area contributed by atoms with Crippen molar-refractivity contribution in [3.05, 3.63) is 29.6 Å². The molecule has 64 valence electrons. The Hall–Kier alpha value is -1.38. The Kier molecular flexibility index (Phi) is 2.43. The summed E-state index contributed by atoms with van der Waals surface area (Å²) in [5, 5.41) is 0. The first-order valence-electron chi connectivity index (χ1n) is 3.77. The molecule has 1 rings (SSSR count). The highest BCUT2D eigenvalue weighted by Crippen LogP contribution is 1.94. The van der Waals surface area contributed by atoms with Crippen molar-refractivity contribution in [3.8, 4) is 0 Å². The van der Waals surface area contributed by atoms with Crippen molar-refractivity contribution in [1.29, 1.82) is 0 Å². The quantitative estimate of drug-likeness (QED) is 0.571. The van der Waals surface area contributed by atoms with Gasteiger partial charge >= 0.3 is 5.97 Å². The van der Waals surface area contributed by atoms with E-state index in [1.165, 1.54) is 11.7 Å². The SMILES string of the molecule is CC(=O)O[n+]1ccc(C)cc1C. The fraction of sp³-hybridized carbons (Fsp3) is 0.333. The fourth-order valence-corrected chi connectivity index (χ4v) is 0.985. The molecule has 1 aromatic heterocycles. The first-order chi connectivity index (χ1) is 5.59. The standard InChI is InChI=1S/C9H12NO2/c1-7-4-5-10(8(2)6-7)12-9(3)11/h4-6H,1-3H3/q+1. The highest BCUT2D eigenvalue weighted by atomic mass is 16.7. The van der Waals surface area contributed by atoms with Crippen molar-refractivity contribution in [2.24, 2.45) is 0 Å². The van der Waals surface area contributed by atoms with E-state index in [9.17, 15) is 4.79 Å². The molecule has 0 amide bonds. The molecule has 0 aliphatic carbocycles. The molecule has 0 aromatic carbocycles. The second-order valence-corrected chi connectivity index (χ2v) is 2.75. The lowest BCUT2D eigenvalue weighted by Gasteiger charge is -1.96. The molecule has 0 fully saturated rings. The van der Waals surface area contributed by atoms with Crippen molar-refractivity contribution < 1.29 is 14.4 Å². The summed E-state index contributed by atoms with van der Waals surface area (Å²) in [5.41, 5.74) is 2.06. The van der Waals surface area contributed by atoms with Crippen molar-refractivity contribution >= 4 is 5.97 Å². The maximum atomic E-state index is 10.6. The molecule has 12 heavy (non-hydrogen) atoms. The number of carbonyl (C=O) groups is 1. The lowest BCUT2D eigenvalue weighted by Crippen LogP contribution is -2.47. The van der Waals surface area contributed by atoms with Gasteiger partial charge in [0.2, 0.25) is 11.9 Å². The van der Waals surface area contributed by atoms with Crippen LogP contribution >= 0.6 is 0 Å². The molecule has 1 heterocycles. The largest absolute Gasteiger partial charge is 0.377 e. The highest BCUT2D eigenvalue weighted by molar-refractivity contribution is 5.65. The zero-order valence-electron chi connectivity index (χ0n) is 7.50. The van der Waals surface area contributed by atoms with Gasteiger partial charge in [0.1, 0.15) is 0 Å². The minimum Gasteiger partial charge on any atom is -0.245 e. The number of aromatic nitrogens is 1. The number of nitrogens with zero attached hydrogens (tertiary/aromatic N) is 1. The summed E-state index contributed by atoms with van der Waals surface area (Å²) < 4.78 is 1.45. The molecule has 0 unspecified atom stereocenters. The molecule has 0 bridgehead atoms. The highest BCUT2D eigenvalue weighted by Gasteiger charge is 2.09. The molecule has 0 saturated carbocycles. The molecule has 3 heteroatoms. The van der Waals surface area contributed by atoms with Crippen LogP contribution in [0.15, 0.2) is 18.3 Å². The van der Waals surface area contributed by atoms with Crippen LogP contribution < -0.4 is 9.57 Å². The molecular formula is C9H12NO2+.